The third kappa shape index (κ3) is 2.62. The van der Waals surface area contributed by atoms with Crippen molar-refractivity contribution in [1.29, 1.82) is 0 Å². The van der Waals surface area contributed by atoms with E-state index in [0.717, 1.165) is 5.56 Å². The van der Waals surface area contributed by atoms with Crippen LogP contribution in [0, 0.1) is 25.5 Å². The Bertz CT molecular complexity index is 599. The van der Waals surface area contributed by atoms with Crippen molar-refractivity contribution in [3.05, 3.63) is 64.5 Å². The Morgan fingerprint density at radius 3 is 2.53 bits per heavy atom. The van der Waals surface area contributed by atoms with Gasteiger partial charge < -0.3 is 0 Å². The molecule has 1 heterocycles. The fourth-order valence-corrected chi connectivity index (χ4v) is 1.94. The predicted molar refractivity (Wildman–Crippen MR) is 69.2 cm³/mol. The van der Waals surface area contributed by atoms with Crippen LogP contribution in [0.4, 0.5) is 8.78 Å². The second-order valence-corrected chi connectivity index (χ2v) is 4.46. The summed E-state index contributed by atoms with van der Waals surface area (Å²) in [6, 6.07) is 5.95. The third-order valence-corrected chi connectivity index (χ3v) is 3.02. The van der Waals surface area contributed by atoms with Crippen molar-refractivity contribution < 1.29 is 8.78 Å². The van der Waals surface area contributed by atoms with Gasteiger partial charge in [0.2, 0.25) is 0 Å². The van der Waals surface area contributed by atoms with Gasteiger partial charge in [0.25, 0.3) is 0 Å². The standard InChI is InChI=1S/C14H15F2N3/c1-8-5-6-18-11(7-8)14(19-17)10-4-3-9(2)12(15)13(10)16/h3-7,14,19H,17H2,1-2H3. The molecule has 0 amide bonds. The van der Waals surface area contributed by atoms with E-state index in [1.165, 1.54) is 19.1 Å². The first kappa shape index (κ1) is 13.6. The molecule has 19 heavy (non-hydrogen) atoms. The monoisotopic (exact) mass is 263 g/mol. The number of hydrogen-bond acceptors (Lipinski definition) is 3. The smallest absolute Gasteiger partial charge is 0.164 e. The number of benzene rings is 1. The van der Waals surface area contributed by atoms with Gasteiger partial charge in [-0.05, 0) is 37.1 Å². The molecule has 3 nitrogen and oxygen atoms in total. The molecule has 2 rings (SSSR count). The Labute approximate surface area is 110 Å². The van der Waals surface area contributed by atoms with Gasteiger partial charge in [-0.15, -0.1) is 0 Å². The predicted octanol–water partition coefficient (Wildman–Crippen LogP) is 2.53. The minimum absolute atomic E-state index is 0.142. The molecular weight excluding hydrogens is 248 g/mol. The Kier molecular flexibility index (Phi) is 3.87. The van der Waals surface area contributed by atoms with E-state index in [1.54, 1.807) is 12.3 Å². The van der Waals surface area contributed by atoms with Gasteiger partial charge in [-0.3, -0.25) is 10.8 Å². The molecule has 0 aliphatic rings. The van der Waals surface area contributed by atoms with Crippen molar-refractivity contribution >= 4 is 0 Å². The summed E-state index contributed by atoms with van der Waals surface area (Å²) in [7, 11) is 0. The summed E-state index contributed by atoms with van der Waals surface area (Å²) in [6.07, 6.45) is 1.61. The highest BCUT2D eigenvalue weighted by Crippen LogP contribution is 2.25. The number of aromatic nitrogens is 1. The van der Waals surface area contributed by atoms with Gasteiger partial charge in [0.05, 0.1) is 11.7 Å². The highest BCUT2D eigenvalue weighted by molar-refractivity contribution is 5.33. The van der Waals surface area contributed by atoms with Crippen LogP contribution in [0.5, 0.6) is 0 Å². The second kappa shape index (κ2) is 5.42. The highest BCUT2D eigenvalue weighted by atomic mass is 19.2. The van der Waals surface area contributed by atoms with Gasteiger partial charge in [0, 0.05) is 11.8 Å². The van der Waals surface area contributed by atoms with Crippen LogP contribution in [0.25, 0.3) is 0 Å². The molecule has 1 unspecified atom stereocenters. The van der Waals surface area contributed by atoms with Crippen molar-refractivity contribution in [3.63, 3.8) is 0 Å². The molecule has 0 saturated heterocycles. The van der Waals surface area contributed by atoms with Crippen molar-refractivity contribution in [3.8, 4) is 0 Å². The fraction of sp³-hybridized carbons (Fsp3) is 0.214. The lowest BCUT2D eigenvalue weighted by Gasteiger charge is -2.17. The van der Waals surface area contributed by atoms with E-state index < -0.39 is 17.7 Å². The molecule has 0 aliphatic carbocycles. The van der Waals surface area contributed by atoms with E-state index in [2.05, 4.69) is 10.4 Å². The highest BCUT2D eigenvalue weighted by Gasteiger charge is 2.21. The molecule has 1 aromatic heterocycles. The first-order valence-electron chi connectivity index (χ1n) is 5.87. The van der Waals surface area contributed by atoms with Crippen LogP contribution in [0.15, 0.2) is 30.5 Å². The van der Waals surface area contributed by atoms with Crippen LogP contribution < -0.4 is 11.3 Å². The van der Waals surface area contributed by atoms with E-state index >= 15 is 0 Å². The first-order chi connectivity index (χ1) is 9.04. The summed E-state index contributed by atoms with van der Waals surface area (Å²) in [5.74, 6) is 3.71. The topological polar surface area (TPSA) is 50.9 Å². The minimum Gasteiger partial charge on any atom is -0.271 e. The molecule has 0 saturated carbocycles. The average molecular weight is 263 g/mol. The van der Waals surface area contributed by atoms with Crippen LogP contribution in [0.3, 0.4) is 0 Å². The van der Waals surface area contributed by atoms with E-state index in [1.807, 2.05) is 13.0 Å². The molecule has 2 aromatic rings. The van der Waals surface area contributed by atoms with Crippen molar-refractivity contribution in [1.82, 2.24) is 10.4 Å². The summed E-state index contributed by atoms with van der Waals surface area (Å²) < 4.78 is 27.6. The largest absolute Gasteiger partial charge is 0.271 e. The normalized spacial score (nSPS) is 12.5. The van der Waals surface area contributed by atoms with Crippen LogP contribution >= 0.6 is 0 Å². The molecule has 3 N–H and O–H groups in total. The summed E-state index contributed by atoms with van der Waals surface area (Å²) in [5, 5.41) is 0. The molecule has 0 bridgehead atoms. The summed E-state index contributed by atoms with van der Waals surface area (Å²) >= 11 is 0. The molecule has 1 aromatic carbocycles. The van der Waals surface area contributed by atoms with Crippen molar-refractivity contribution in [2.24, 2.45) is 5.84 Å². The Hall–Kier alpha value is -1.85. The maximum atomic E-state index is 14.0. The van der Waals surface area contributed by atoms with E-state index in [9.17, 15) is 8.78 Å². The molecule has 5 heteroatoms. The first-order valence-corrected chi connectivity index (χ1v) is 5.87. The van der Waals surface area contributed by atoms with Crippen LogP contribution in [-0.2, 0) is 0 Å². The molecule has 0 aliphatic heterocycles. The van der Waals surface area contributed by atoms with E-state index in [-0.39, 0.29) is 11.1 Å². The second-order valence-electron chi connectivity index (χ2n) is 4.46. The molecule has 0 fully saturated rings. The van der Waals surface area contributed by atoms with Crippen LogP contribution in [0.2, 0.25) is 0 Å². The number of hydrazine groups is 1. The number of aryl methyl sites for hydroxylation is 2. The van der Waals surface area contributed by atoms with Crippen LogP contribution in [0.1, 0.15) is 28.4 Å². The van der Waals surface area contributed by atoms with Crippen molar-refractivity contribution in [2.45, 2.75) is 19.9 Å². The average Bonchev–Trinajstić information content (AvgIpc) is 2.40. The van der Waals surface area contributed by atoms with Gasteiger partial charge in [0.1, 0.15) is 0 Å². The zero-order chi connectivity index (χ0) is 14.0. The van der Waals surface area contributed by atoms with E-state index in [0.29, 0.717) is 5.69 Å². The number of rotatable bonds is 3. The molecule has 100 valence electrons. The van der Waals surface area contributed by atoms with Gasteiger partial charge >= 0.3 is 0 Å². The number of halogens is 2. The lowest BCUT2D eigenvalue weighted by Crippen LogP contribution is -2.30. The number of hydrogen-bond donors (Lipinski definition) is 2. The maximum Gasteiger partial charge on any atom is 0.164 e. The minimum atomic E-state index is -0.897. The maximum absolute atomic E-state index is 14.0. The Morgan fingerprint density at radius 1 is 1.16 bits per heavy atom. The zero-order valence-corrected chi connectivity index (χ0v) is 10.7. The lowest BCUT2D eigenvalue weighted by atomic mass is 10.0. The summed E-state index contributed by atoms with van der Waals surface area (Å²) in [4.78, 5) is 4.15. The number of nitrogens with zero attached hydrogens (tertiary/aromatic N) is 1. The van der Waals surface area contributed by atoms with Gasteiger partial charge in [-0.1, -0.05) is 12.1 Å². The molecular formula is C14H15F2N3. The Morgan fingerprint density at radius 2 is 1.89 bits per heavy atom. The molecule has 1 atom stereocenters. The van der Waals surface area contributed by atoms with Gasteiger partial charge in [0.15, 0.2) is 11.6 Å². The van der Waals surface area contributed by atoms with Gasteiger partial charge in [-0.25, -0.2) is 14.2 Å². The SMILES string of the molecule is Cc1ccnc(C(NN)c2ccc(C)c(F)c2F)c1. The zero-order valence-electron chi connectivity index (χ0n) is 10.7. The number of nitrogens with one attached hydrogen (secondary N) is 1. The fourth-order valence-electron chi connectivity index (χ4n) is 1.94. The third-order valence-electron chi connectivity index (χ3n) is 3.02. The summed E-state index contributed by atoms with van der Waals surface area (Å²) in [5.41, 5.74) is 4.40. The van der Waals surface area contributed by atoms with E-state index in [4.69, 9.17) is 5.84 Å². The molecule has 0 radical (unpaired) electrons. The lowest BCUT2D eigenvalue weighted by molar-refractivity contribution is 0.476. The molecule has 0 spiro atoms. The van der Waals surface area contributed by atoms with Crippen molar-refractivity contribution in [2.75, 3.05) is 0 Å². The summed E-state index contributed by atoms with van der Waals surface area (Å²) in [6.45, 7) is 3.41. The number of pyridine rings is 1. The van der Waals surface area contributed by atoms with Crippen LogP contribution in [-0.4, -0.2) is 4.98 Å². The number of nitrogens with two attached hydrogens (primary N) is 1. The Balaban J connectivity index is 2.51. The van der Waals surface area contributed by atoms with Gasteiger partial charge in [-0.2, -0.15) is 0 Å². The quantitative estimate of drug-likeness (QED) is 0.661.